The van der Waals surface area contributed by atoms with Gasteiger partial charge in [0, 0.05) is 39.9 Å². The molecule has 0 saturated carbocycles. The number of methoxy groups -OCH3 is 1. The number of nitrogens with one attached hydrogen (secondary N) is 2. The summed E-state index contributed by atoms with van der Waals surface area (Å²) >= 11 is 0. The summed E-state index contributed by atoms with van der Waals surface area (Å²) in [7, 11) is 3.54. The highest BCUT2D eigenvalue weighted by atomic mass is 16.5. The SMILES string of the molecule is CN=C(NCCCOC1CCOC1)NCC1CCN(Cc2ccc(OC)cc2)CC1. The first kappa shape index (κ1) is 22.8. The third kappa shape index (κ3) is 7.78. The van der Waals surface area contributed by atoms with Gasteiger partial charge in [0.2, 0.25) is 0 Å². The summed E-state index contributed by atoms with van der Waals surface area (Å²) in [5.41, 5.74) is 1.35. The number of hydrogen-bond acceptors (Lipinski definition) is 5. The van der Waals surface area contributed by atoms with Gasteiger partial charge in [0.25, 0.3) is 0 Å². The zero-order valence-corrected chi connectivity index (χ0v) is 18.6. The van der Waals surface area contributed by atoms with Crippen molar-refractivity contribution >= 4 is 5.96 Å². The van der Waals surface area contributed by atoms with Crippen LogP contribution in [0.1, 0.15) is 31.2 Å². The Bertz CT molecular complexity index is 624. The van der Waals surface area contributed by atoms with Crippen LogP contribution in [0.4, 0.5) is 0 Å². The minimum atomic E-state index is 0.290. The molecule has 7 heteroatoms. The van der Waals surface area contributed by atoms with Crippen molar-refractivity contribution in [2.24, 2.45) is 10.9 Å². The Labute approximate surface area is 181 Å². The van der Waals surface area contributed by atoms with E-state index in [0.717, 1.165) is 77.1 Å². The molecule has 7 nitrogen and oxygen atoms in total. The second-order valence-electron chi connectivity index (χ2n) is 8.16. The van der Waals surface area contributed by atoms with Crippen LogP contribution in [0.2, 0.25) is 0 Å². The van der Waals surface area contributed by atoms with E-state index in [2.05, 4.69) is 32.7 Å². The number of benzene rings is 1. The molecule has 2 heterocycles. The zero-order chi connectivity index (χ0) is 21.0. The molecule has 2 aliphatic heterocycles. The molecule has 168 valence electrons. The molecule has 0 aromatic heterocycles. The lowest BCUT2D eigenvalue weighted by molar-refractivity contribution is 0.0420. The average Bonchev–Trinajstić information content (AvgIpc) is 3.31. The van der Waals surface area contributed by atoms with Crippen molar-refractivity contribution in [3.05, 3.63) is 29.8 Å². The molecule has 3 rings (SSSR count). The van der Waals surface area contributed by atoms with E-state index in [1.165, 1.54) is 18.4 Å². The summed E-state index contributed by atoms with van der Waals surface area (Å²) in [5.74, 6) is 2.50. The number of ether oxygens (including phenoxy) is 3. The van der Waals surface area contributed by atoms with Gasteiger partial charge < -0.3 is 24.8 Å². The number of aliphatic imine (C=N–C) groups is 1. The van der Waals surface area contributed by atoms with Crippen LogP contribution >= 0.6 is 0 Å². The average molecular weight is 419 g/mol. The molecule has 1 aromatic rings. The Kier molecular flexibility index (Phi) is 9.73. The molecule has 0 aliphatic carbocycles. The van der Waals surface area contributed by atoms with Crippen molar-refractivity contribution < 1.29 is 14.2 Å². The number of rotatable bonds is 10. The van der Waals surface area contributed by atoms with Crippen LogP contribution in [0.3, 0.4) is 0 Å². The Hall–Kier alpha value is -1.83. The molecule has 0 radical (unpaired) electrons. The minimum Gasteiger partial charge on any atom is -0.497 e. The first-order chi connectivity index (χ1) is 14.8. The number of nitrogens with zero attached hydrogens (tertiary/aromatic N) is 2. The van der Waals surface area contributed by atoms with Gasteiger partial charge in [-0.25, -0.2) is 0 Å². The first-order valence-electron chi connectivity index (χ1n) is 11.3. The van der Waals surface area contributed by atoms with Gasteiger partial charge in [0.15, 0.2) is 5.96 Å². The van der Waals surface area contributed by atoms with Gasteiger partial charge in [-0.1, -0.05) is 12.1 Å². The van der Waals surface area contributed by atoms with Gasteiger partial charge in [-0.2, -0.15) is 0 Å². The van der Waals surface area contributed by atoms with E-state index >= 15 is 0 Å². The normalized spacial score (nSPS) is 21.0. The highest BCUT2D eigenvalue weighted by Gasteiger charge is 2.19. The molecule has 2 N–H and O–H groups in total. The van der Waals surface area contributed by atoms with Gasteiger partial charge >= 0.3 is 0 Å². The van der Waals surface area contributed by atoms with Crippen molar-refractivity contribution in [2.45, 2.75) is 38.3 Å². The molecule has 2 fully saturated rings. The molecule has 0 bridgehead atoms. The number of likely N-dealkylation sites (tertiary alicyclic amines) is 1. The summed E-state index contributed by atoms with van der Waals surface area (Å²) in [6, 6.07) is 8.41. The lowest BCUT2D eigenvalue weighted by Gasteiger charge is -2.32. The molecule has 30 heavy (non-hydrogen) atoms. The Morgan fingerprint density at radius 3 is 2.63 bits per heavy atom. The van der Waals surface area contributed by atoms with Crippen molar-refractivity contribution in [1.82, 2.24) is 15.5 Å². The molecule has 0 spiro atoms. The summed E-state index contributed by atoms with van der Waals surface area (Å²) in [6.45, 7) is 7.50. The van der Waals surface area contributed by atoms with E-state index < -0.39 is 0 Å². The van der Waals surface area contributed by atoms with Crippen LogP contribution in [0.15, 0.2) is 29.3 Å². The number of guanidine groups is 1. The highest BCUT2D eigenvalue weighted by Crippen LogP contribution is 2.19. The molecular formula is C23H38N4O3. The van der Waals surface area contributed by atoms with Crippen LogP contribution in [0.5, 0.6) is 5.75 Å². The fourth-order valence-electron chi connectivity index (χ4n) is 3.97. The fourth-order valence-corrected chi connectivity index (χ4v) is 3.97. The van der Waals surface area contributed by atoms with Crippen molar-refractivity contribution in [3.63, 3.8) is 0 Å². The van der Waals surface area contributed by atoms with Crippen molar-refractivity contribution in [2.75, 3.05) is 60.2 Å². The highest BCUT2D eigenvalue weighted by molar-refractivity contribution is 5.79. The lowest BCUT2D eigenvalue weighted by atomic mass is 9.96. The smallest absolute Gasteiger partial charge is 0.190 e. The van der Waals surface area contributed by atoms with Crippen LogP contribution in [0.25, 0.3) is 0 Å². The standard InChI is InChI=1S/C23H38N4O3/c1-24-23(25-11-3-14-30-22-10-15-29-18-22)26-16-19-8-12-27(13-9-19)17-20-4-6-21(28-2)7-5-20/h4-7,19,22H,3,8-18H2,1-2H3,(H2,24,25,26). The van der Waals surface area contributed by atoms with E-state index in [1.54, 1.807) is 7.11 Å². The van der Waals surface area contributed by atoms with Crippen LogP contribution in [0, 0.1) is 5.92 Å². The van der Waals surface area contributed by atoms with E-state index in [-0.39, 0.29) is 6.10 Å². The second kappa shape index (κ2) is 12.8. The topological polar surface area (TPSA) is 67.4 Å². The van der Waals surface area contributed by atoms with E-state index in [9.17, 15) is 0 Å². The minimum absolute atomic E-state index is 0.290. The van der Waals surface area contributed by atoms with Crippen molar-refractivity contribution in [1.29, 1.82) is 0 Å². The Morgan fingerprint density at radius 1 is 1.17 bits per heavy atom. The zero-order valence-electron chi connectivity index (χ0n) is 18.6. The lowest BCUT2D eigenvalue weighted by Crippen LogP contribution is -2.43. The monoisotopic (exact) mass is 418 g/mol. The molecule has 2 saturated heterocycles. The third-order valence-corrected chi connectivity index (χ3v) is 5.91. The van der Waals surface area contributed by atoms with Crippen LogP contribution < -0.4 is 15.4 Å². The largest absolute Gasteiger partial charge is 0.497 e. The van der Waals surface area contributed by atoms with Gasteiger partial charge in [0.05, 0.1) is 19.8 Å². The molecule has 2 aliphatic rings. The van der Waals surface area contributed by atoms with Gasteiger partial charge in [0.1, 0.15) is 5.75 Å². The van der Waals surface area contributed by atoms with E-state index in [1.807, 2.05) is 19.2 Å². The van der Waals surface area contributed by atoms with Crippen LogP contribution in [-0.2, 0) is 16.0 Å². The van der Waals surface area contributed by atoms with Gasteiger partial charge in [-0.15, -0.1) is 0 Å². The number of piperidine rings is 1. The third-order valence-electron chi connectivity index (χ3n) is 5.91. The van der Waals surface area contributed by atoms with Crippen LogP contribution in [-0.4, -0.2) is 77.1 Å². The maximum Gasteiger partial charge on any atom is 0.190 e. The van der Waals surface area contributed by atoms with Gasteiger partial charge in [-0.05, 0) is 62.4 Å². The maximum atomic E-state index is 5.80. The molecule has 1 aromatic carbocycles. The quantitative estimate of drug-likeness (QED) is 0.345. The first-order valence-corrected chi connectivity index (χ1v) is 11.3. The molecule has 0 amide bonds. The summed E-state index contributed by atoms with van der Waals surface area (Å²) in [4.78, 5) is 6.89. The maximum absolute atomic E-state index is 5.80. The summed E-state index contributed by atoms with van der Waals surface area (Å²) < 4.78 is 16.4. The molecular weight excluding hydrogens is 380 g/mol. The summed E-state index contributed by atoms with van der Waals surface area (Å²) in [5, 5.41) is 6.89. The predicted molar refractivity (Wildman–Crippen MR) is 120 cm³/mol. The van der Waals surface area contributed by atoms with Gasteiger partial charge in [-0.3, -0.25) is 9.89 Å². The Balaban J connectivity index is 1.25. The van der Waals surface area contributed by atoms with E-state index in [0.29, 0.717) is 5.92 Å². The Morgan fingerprint density at radius 2 is 1.97 bits per heavy atom. The summed E-state index contributed by atoms with van der Waals surface area (Å²) in [6.07, 6.45) is 4.73. The predicted octanol–water partition coefficient (Wildman–Crippen LogP) is 2.27. The van der Waals surface area contributed by atoms with E-state index in [4.69, 9.17) is 14.2 Å². The second-order valence-corrected chi connectivity index (χ2v) is 8.16. The fraction of sp³-hybridized carbons (Fsp3) is 0.696. The molecule has 1 unspecified atom stereocenters. The molecule has 1 atom stereocenters. The van der Waals surface area contributed by atoms with Crippen molar-refractivity contribution in [3.8, 4) is 5.75 Å². The number of hydrogen-bond donors (Lipinski definition) is 2.